The van der Waals surface area contributed by atoms with Gasteiger partial charge in [-0.2, -0.15) is 0 Å². The van der Waals surface area contributed by atoms with Crippen molar-refractivity contribution in [2.75, 3.05) is 50.4 Å². The van der Waals surface area contributed by atoms with Gasteiger partial charge in [-0.15, -0.1) is 0 Å². The predicted molar refractivity (Wildman–Crippen MR) is 76.1 cm³/mol. The minimum absolute atomic E-state index is 0.102. The average molecular weight is 263 g/mol. The first kappa shape index (κ1) is 13.5. The molecule has 0 atom stereocenters. The number of pyridine rings is 1. The van der Waals surface area contributed by atoms with Crippen LogP contribution in [0.15, 0.2) is 18.5 Å². The SMILES string of the molecule is CCN(C)C(=O)N1CCN(c2ccncc2N)CC1. The van der Waals surface area contributed by atoms with E-state index in [1.807, 2.05) is 24.9 Å². The zero-order chi connectivity index (χ0) is 13.8. The highest BCUT2D eigenvalue weighted by atomic mass is 16.2. The molecule has 6 nitrogen and oxygen atoms in total. The van der Waals surface area contributed by atoms with Crippen molar-refractivity contribution in [3.63, 3.8) is 0 Å². The second kappa shape index (κ2) is 5.77. The minimum atomic E-state index is 0.102. The van der Waals surface area contributed by atoms with Crippen molar-refractivity contribution in [1.82, 2.24) is 14.8 Å². The number of nitrogens with two attached hydrogens (primary N) is 1. The van der Waals surface area contributed by atoms with Gasteiger partial charge in [0.2, 0.25) is 0 Å². The highest BCUT2D eigenvalue weighted by molar-refractivity contribution is 5.75. The zero-order valence-corrected chi connectivity index (χ0v) is 11.5. The van der Waals surface area contributed by atoms with E-state index in [2.05, 4.69) is 9.88 Å². The van der Waals surface area contributed by atoms with Crippen LogP contribution in [-0.2, 0) is 0 Å². The summed E-state index contributed by atoms with van der Waals surface area (Å²) in [6, 6.07) is 2.02. The lowest BCUT2D eigenvalue weighted by Crippen LogP contribution is -2.52. The summed E-state index contributed by atoms with van der Waals surface area (Å²) in [5.41, 5.74) is 7.62. The fraction of sp³-hybridized carbons (Fsp3) is 0.538. The fourth-order valence-corrected chi connectivity index (χ4v) is 2.20. The van der Waals surface area contributed by atoms with E-state index in [1.54, 1.807) is 17.3 Å². The largest absolute Gasteiger partial charge is 0.396 e. The van der Waals surface area contributed by atoms with Gasteiger partial charge < -0.3 is 20.4 Å². The molecule has 0 bridgehead atoms. The minimum Gasteiger partial charge on any atom is -0.396 e. The van der Waals surface area contributed by atoms with E-state index in [9.17, 15) is 4.79 Å². The van der Waals surface area contributed by atoms with Crippen molar-refractivity contribution in [2.24, 2.45) is 0 Å². The van der Waals surface area contributed by atoms with Gasteiger partial charge in [0, 0.05) is 46.0 Å². The number of nitrogens with zero attached hydrogens (tertiary/aromatic N) is 4. The fourth-order valence-electron chi connectivity index (χ4n) is 2.20. The number of carbonyl (C=O) groups excluding carboxylic acids is 1. The number of amides is 2. The van der Waals surface area contributed by atoms with E-state index >= 15 is 0 Å². The van der Waals surface area contributed by atoms with Crippen molar-refractivity contribution in [1.29, 1.82) is 0 Å². The van der Waals surface area contributed by atoms with Crippen LogP contribution in [0.25, 0.3) is 0 Å². The normalized spacial score (nSPS) is 15.5. The zero-order valence-electron chi connectivity index (χ0n) is 11.5. The molecule has 19 heavy (non-hydrogen) atoms. The summed E-state index contributed by atoms with van der Waals surface area (Å²) in [7, 11) is 1.83. The Balaban J connectivity index is 1.96. The van der Waals surface area contributed by atoms with Crippen LogP contribution in [0.5, 0.6) is 0 Å². The molecule has 0 spiro atoms. The number of hydrogen-bond acceptors (Lipinski definition) is 4. The lowest BCUT2D eigenvalue weighted by molar-refractivity contribution is 0.162. The van der Waals surface area contributed by atoms with Crippen LogP contribution in [0.4, 0.5) is 16.2 Å². The van der Waals surface area contributed by atoms with Gasteiger partial charge in [-0.3, -0.25) is 4.98 Å². The molecular formula is C13H21N5O. The second-order valence-corrected chi connectivity index (χ2v) is 4.71. The topological polar surface area (TPSA) is 65.7 Å². The highest BCUT2D eigenvalue weighted by Crippen LogP contribution is 2.22. The van der Waals surface area contributed by atoms with Crippen LogP contribution in [0.3, 0.4) is 0 Å². The molecule has 2 amide bonds. The van der Waals surface area contributed by atoms with Crippen LogP contribution in [0.2, 0.25) is 0 Å². The molecule has 0 radical (unpaired) electrons. The van der Waals surface area contributed by atoms with E-state index in [0.29, 0.717) is 5.69 Å². The first-order valence-corrected chi connectivity index (χ1v) is 6.58. The predicted octanol–water partition coefficient (Wildman–Crippen LogP) is 0.857. The quantitative estimate of drug-likeness (QED) is 0.859. The van der Waals surface area contributed by atoms with Crippen LogP contribution in [-0.4, -0.2) is 60.6 Å². The molecule has 1 aromatic heterocycles. The molecule has 0 aliphatic carbocycles. The molecule has 0 unspecified atom stereocenters. The number of piperazine rings is 1. The molecular weight excluding hydrogens is 242 g/mol. The van der Waals surface area contributed by atoms with Crippen molar-refractivity contribution in [3.05, 3.63) is 18.5 Å². The van der Waals surface area contributed by atoms with Crippen molar-refractivity contribution in [2.45, 2.75) is 6.92 Å². The van der Waals surface area contributed by atoms with E-state index in [1.165, 1.54) is 0 Å². The van der Waals surface area contributed by atoms with Crippen LogP contribution in [0, 0.1) is 0 Å². The molecule has 2 rings (SSSR count). The Morgan fingerprint density at radius 3 is 2.68 bits per heavy atom. The van der Waals surface area contributed by atoms with Crippen LogP contribution < -0.4 is 10.6 Å². The van der Waals surface area contributed by atoms with E-state index < -0.39 is 0 Å². The summed E-state index contributed by atoms with van der Waals surface area (Å²) in [6.07, 6.45) is 3.41. The van der Waals surface area contributed by atoms with Gasteiger partial charge in [0.25, 0.3) is 0 Å². The van der Waals surface area contributed by atoms with Gasteiger partial charge >= 0.3 is 6.03 Å². The molecule has 1 saturated heterocycles. The average Bonchev–Trinajstić information content (AvgIpc) is 2.46. The van der Waals surface area contributed by atoms with Crippen LogP contribution in [0.1, 0.15) is 6.92 Å². The van der Waals surface area contributed by atoms with E-state index in [0.717, 1.165) is 38.4 Å². The smallest absolute Gasteiger partial charge is 0.319 e. The summed E-state index contributed by atoms with van der Waals surface area (Å²) in [5.74, 6) is 0. The maximum absolute atomic E-state index is 12.0. The summed E-state index contributed by atoms with van der Waals surface area (Å²) < 4.78 is 0. The summed E-state index contributed by atoms with van der Waals surface area (Å²) in [6.45, 7) is 5.77. The van der Waals surface area contributed by atoms with Gasteiger partial charge in [-0.25, -0.2) is 4.79 Å². The maximum Gasteiger partial charge on any atom is 0.319 e. The molecule has 1 aliphatic heterocycles. The molecule has 1 aliphatic rings. The maximum atomic E-state index is 12.0. The third kappa shape index (κ3) is 2.89. The number of rotatable bonds is 2. The van der Waals surface area contributed by atoms with Gasteiger partial charge in [-0.1, -0.05) is 0 Å². The highest BCUT2D eigenvalue weighted by Gasteiger charge is 2.23. The third-order valence-electron chi connectivity index (χ3n) is 3.52. The van der Waals surface area contributed by atoms with Gasteiger partial charge in [-0.05, 0) is 13.0 Å². The summed E-state index contributed by atoms with van der Waals surface area (Å²) >= 11 is 0. The summed E-state index contributed by atoms with van der Waals surface area (Å²) in [4.78, 5) is 21.9. The van der Waals surface area contributed by atoms with Gasteiger partial charge in [0.15, 0.2) is 0 Å². The Labute approximate surface area is 113 Å². The number of carbonyl (C=O) groups is 1. The van der Waals surface area contributed by atoms with Crippen LogP contribution >= 0.6 is 0 Å². The molecule has 0 aromatic carbocycles. The number of urea groups is 1. The molecule has 2 heterocycles. The Hall–Kier alpha value is -1.98. The van der Waals surface area contributed by atoms with Crippen molar-refractivity contribution < 1.29 is 4.79 Å². The number of hydrogen-bond donors (Lipinski definition) is 1. The lowest BCUT2D eigenvalue weighted by Gasteiger charge is -2.37. The number of aromatic nitrogens is 1. The molecule has 1 fully saturated rings. The molecule has 0 saturated carbocycles. The molecule has 6 heteroatoms. The third-order valence-corrected chi connectivity index (χ3v) is 3.52. The second-order valence-electron chi connectivity index (χ2n) is 4.71. The van der Waals surface area contributed by atoms with Gasteiger partial charge in [0.1, 0.15) is 0 Å². The van der Waals surface area contributed by atoms with Crippen molar-refractivity contribution in [3.8, 4) is 0 Å². The van der Waals surface area contributed by atoms with E-state index in [4.69, 9.17) is 5.73 Å². The Kier molecular flexibility index (Phi) is 4.09. The van der Waals surface area contributed by atoms with Crippen molar-refractivity contribution >= 4 is 17.4 Å². The number of anilines is 2. The molecule has 1 aromatic rings. The molecule has 104 valence electrons. The Morgan fingerprint density at radius 2 is 2.11 bits per heavy atom. The summed E-state index contributed by atoms with van der Waals surface area (Å²) in [5, 5.41) is 0. The standard InChI is InChI=1S/C13H21N5O/c1-3-16(2)13(19)18-8-6-17(7-9-18)12-4-5-15-10-11(12)14/h4-5,10H,3,6-9,14H2,1-2H3. The van der Waals surface area contributed by atoms with E-state index in [-0.39, 0.29) is 6.03 Å². The molecule has 2 N–H and O–H groups in total. The Bertz CT molecular complexity index is 442. The first-order chi connectivity index (χ1) is 9.13. The first-order valence-electron chi connectivity index (χ1n) is 6.58. The Morgan fingerprint density at radius 1 is 1.42 bits per heavy atom. The monoisotopic (exact) mass is 263 g/mol. The lowest BCUT2D eigenvalue weighted by atomic mass is 10.2. The number of nitrogen functional groups attached to an aromatic ring is 1. The van der Waals surface area contributed by atoms with Gasteiger partial charge in [0.05, 0.1) is 17.6 Å².